The second-order valence-corrected chi connectivity index (χ2v) is 25.5. The Morgan fingerprint density at radius 2 is 0.780 bits per heavy atom. The van der Waals surface area contributed by atoms with E-state index in [9.17, 15) is 0 Å². The van der Waals surface area contributed by atoms with E-state index in [1.165, 1.54) is 115 Å². The van der Waals surface area contributed by atoms with Gasteiger partial charge < -0.3 is 9.80 Å². The van der Waals surface area contributed by atoms with Crippen molar-refractivity contribution in [1.82, 2.24) is 0 Å². The molecule has 2 nitrogen and oxygen atoms in total. The molecule has 0 saturated heterocycles. The van der Waals surface area contributed by atoms with Crippen molar-refractivity contribution in [3.8, 4) is 44.5 Å². The van der Waals surface area contributed by atoms with Crippen molar-refractivity contribution in [3.63, 3.8) is 0 Å². The summed E-state index contributed by atoms with van der Waals surface area (Å²) in [6.45, 7) is 13.7. The van der Waals surface area contributed by atoms with E-state index in [0.717, 1.165) is 28.4 Å². The van der Waals surface area contributed by atoms with Gasteiger partial charge in [-0.15, -0.1) is 11.3 Å². The van der Waals surface area contributed by atoms with Gasteiger partial charge in [0.1, 0.15) is 0 Å². The summed E-state index contributed by atoms with van der Waals surface area (Å²) in [7, 11) is 0. The molecule has 82 heavy (non-hydrogen) atoms. The van der Waals surface area contributed by atoms with E-state index in [1.54, 1.807) is 0 Å². The highest BCUT2D eigenvalue weighted by Gasteiger charge is 2.53. The van der Waals surface area contributed by atoms with Gasteiger partial charge in [0.05, 0.1) is 21.5 Å². The van der Waals surface area contributed by atoms with Crippen LogP contribution in [0, 0.1) is 0 Å². The summed E-state index contributed by atoms with van der Waals surface area (Å²) >= 11 is 1.92. The Balaban J connectivity index is 1.03. The average molecular weight is 1070 g/mol. The average Bonchev–Trinajstić information content (AvgIpc) is 1.73. The van der Waals surface area contributed by atoms with Crippen molar-refractivity contribution >= 4 is 76.4 Å². The van der Waals surface area contributed by atoms with Crippen LogP contribution in [-0.4, -0.2) is 0 Å². The molecule has 0 bridgehead atoms. The number of benzene rings is 12. The largest absolute Gasteiger partial charge is 0.309 e. The molecule has 3 heteroatoms. The van der Waals surface area contributed by atoms with E-state index >= 15 is 0 Å². The first kappa shape index (κ1) is 49.7. The van der Waals surface area contributed by atoms with Crippen molar-refractivity contribution in [3.05, 3.63) is 300 Å². The Labute approximate surface area is 485 Å². The Morgan fingerprint density at radius 3 is 1.30 bits per heavy atom. The summed E-state index contributed by atoms with van der Waals surface area (Å²) in [5.74, 6) is 0. The Bertz CT molecular complexity index is 4550. The highest BCUT2D eigenvalue weighted by molar-refractivity contribution is 7.26. The van der Waals surface area contributed by atoms with Gasteiger partial charge in [0.15, 0.2) is 0 Å². The number of anilines is 6. The number of hydrogen-bond acceptors (Lipinski definition) is 3. The lowest BCUT2D eigenvalue weighted by molar-refractivity contribution is 0.590. The molecule has 12 aromatic carbocycles. The summed E-state index contributed by atoms with van der Waals surface area (Å²) in [4.78, 5) is 5.05. The number of rotatable bonds is 8. The van der Waals surface area contributed by atoms with Crippen molar-refractivity contribution in [2.24, 2.45) is 0 Å². The highest BCUT2D eigenvalue weighted by Crippen LogP contribution is 2.67. The predicted octanol–water partition coefficient (Wildman–Crippen LogP) is 22.4. The third kappa shape index (κ3) is 7.82. The zero-order valence-electron chi connectivity index (χ0n) is 47.2. The van der Waals surface area contributed by atoms with E-state index in [2.05, 4.69) is 318 Å². The SMILES string of the molecule is CC(C)(C)c1ccc(-c2ccc(N(c3ccccc3)c3cccc4c3sc3cc5c(c(N(c6ccccc6)c6ccc(-c7ccc(C(C)(C)C)cc7)cc6)c34)-c3cc4ccccc4cc3C53c4ccccc4-c4ccccc43)cc2)cc1. The standard InChI is InChI=1S/C79H62N2S/c1-77(2,3)57-40-32-51(33-41-57)53-36-44-61(45-37-53)80(59-22-9-7-10-23-59)71-31-19-28-65-74-72(82-76(65)71)50-70-73(75(74)81(60-24-11-8-12-25-60)62-46-38-54(39-47-62)52-34-42-58(43-35-52)78(4,5)6)66-48-55-20-13-14-21-56(55)49-69(66)79(70)67-29-17-15-26-63(67)64-27-16-18-30-68(64)79/h7-50H,1-6H3. The van der Waals surface area contributed by atoms with Crippen molar-refractivity contribution < 1.29 is 0 Å². The van der Waals surface area contributed by atoms with Gasteiger partial charge in [-0.2, -0.15) is 0 Å². The number of thiophene rings is 1. The van der Waals surface area contributed by atoms with Gasteiger partial charge in [-0.1, -0.05) is 236 Å². The molecular weight excluding hydrogens is 1010 g/mol. The van der Waals surface area contributed by atoms with Crippen molar-refractivity contribution in [2.75, 3.05) is 9.80 Å². The van der Waals surface area contributed by atoms with Crippen molar-refractivity contribution in [2.45, 2.75) is 57.8 Å². The quantitative estimate of drug-likeness (QED) is 0.150. The molecule has 0 radical (unpaired) electrons. The molecule has 2 aliphatic carbocycles. The van der Waals surface area contributed by atoms with E-state index in [4.69, 9.17) is 0 Å². The minimum absolute atomic E-state index is 0.0732. The van der Waals surface area contributed by atoms with Crippen LogP contribution in [0.2, 0.25) is 0 Å². The number of nitrogens with zero attached hydrogens (tertiary/aromatic N) is 2. The third-order valence-electron chi connectivity index (χ3n) is 17.6. The monoisotopic (exact) mass is 1070 g/mol. The van der Waals surface area contributed by atoms with Crippen LogP contribution in [0.15, 0.2) is 267 Å². The van der Waals surface area contributed by atoms with Crippen LogP contribution in [0.4, 0.5) is 34.1 Å². The molecule has 0 fully saturated rings. The molecule has 2 aliphatic rings. The minimum atomic E-state index is -0.597. The van der Waals surface area contributed by atoms with Gasteiger partial charge in [0, 0.05) is 43.8 Å². The molecule has 1 aromatic heterocycles. The van der Waals surface area contributed by atoms with Crippen molar-refractivity contribution in [1.29, 1.82) is 0 Å². The molecule has 1 spiro atoms. The number of hydrogen-bond donors (Lipinski definition) is 0. The Morgan fingerprint density at radius 1 is 0.341 bits per heavy atom. The summed E-state index contributed by atoms with van der Waals surface area (Å²) in [6.07, 6.45) is 0. The lowest BCUT2D eigenvalue weighted by Gasteiger charge is -2.32. The molecular formula is C79H62N2S. The van der Waals surface area contributed by atoms with E-state index < -0.39 is 5.41 Å². The fraction of sp³-hybridized carbons (Fsp3) is 0.114. The van der Waals surface area contributed by atoms with Gasteiger partial charge in [0.2, 0.25) is 0 Å². The van der Waals surface area contributed by atoms with Crippen LogP contribution in [0.25, 0.3) is 75.5 Å². The molecule has 0 unspecified atom stereocenters. The number of fused-ring (bicyclic) bond motifs is 14. The van der Waals surface area contributed by atoms with E-state index in [0.29, 0.717) is 0 Å². The molecule has 0 saturated carbocycles. The first-order valence-corrected chi connectivity index (χ1v) is 29.6. The molecule has 15 rings (SSSR count). The fourth-order valence-corrected chi connectivity index (χ4v) is 14.8. The highest BCUT2D eigenvalue weighted by atomic mass is 32.1. The van der Waals surface area contributed by atoms with Crippen LogP contribution in [0.5, 0.6) is 0 Å². The molecule has 1 heterocycles. The lowest BCUT2D eigenvalue weighted by Crippen LogP contribution is -2.26. The van der Waals surface area contributed by atoms with Gasteiger partial charge >= 0.3 is 0 Å². The summed E-state index contributed by atoms with van der Waals surface area (Å²) in [5, 5.41) is 4.93. The molecule has 0 N–H and O–H groups in total. The van der Waals surface area contributed by atoms with E-state index in [-0.39, 0.29) is 10.8 Å². The molecule has 0 atom stereocenters. The maximum atomic E-state index is 2.60. The molecule has 394 valence electrons. The van der Waals surface area contributed by atoms with Gasteiger partial charge in [0.25, 0.3) is 0 Å². The fourth-order valence-electron chi connectivity index (χ4n) is 13.5. The molecule has 13 aromatic rings. The summed E-state index contributed by atoms with van der Waals surface area (Å²) in [5.41, 5.74) is 24.2. The van der Waals surface area contributed by atoms with E-state index in [1.807, 2.05) is 11.3 Å². The Hall–Kier alpha value is -9.28. The number of para-hydroxylation sites is 2. The second-order valence-electron chi connectivity index (χ2n) is 24.5. The van der Waals surface area contributed by atoms with Gasteiger partial charge in [-0.05, 0) is 167 Å². The topological polar surface area (TPSA) is 6.48 Å². The first-order valence-electron chi connectivity index (χ1n) is 28.8. The van der Waals surface area contributed by atoms with Crippen LogP contribution in [0.3, 0.4) is 0 Å². The lowest BCUT2D eigenvalue weighted by atomic mass is 9.70. The summed E-state index contributed by atoms with van der Waals surface area (Å²) in [6, 6.07) is 101. The molecule has 0 aliphatic heterocycles. The zero-order valence-corrected chi connectivity index (χ0v) is 48.0. The smallest absolute Gasteiger partial charge is 0.0727 e. The maximum absolute atomic E-state index is 2.60. The van der Waals surface area contributed by atoms with Gasteiger partial charge in [-0.25, -0.2) is 0 Å². The normalized spacial score (nSPS) is 13.1. The Kier molecular flexibility index (Phi) is 11.5. The minimum Gasteiger partial charge on any atom is -0.309 e. The first-order chi connectivity index (χ1) is 39.9. The maximum Gasteiger partial charge on any atom is 0.0727 e. The van der Waals surface area contributed by atoms with Crippen LogP contribution >= 0.6 is 11.3 Å². The van der Waals surface area contributed by atoms with Crippen LogP contribution in [-0.2, 0) is 16.2 Å². The van der Waals surface area contributed by atoms with Crippen LogP contribution < -0.4 is 9.80 Å². The van der Waals surface area contributed by atoms with Crippen LogP contribution in [0.1, 0.15) is 74.9 Å². The summed E-state index contributed by atoms with van der Waals surface area (Å²) < 4.78 is 2.48. The molecule has 0 amide bonds. The predicted molar refractivity (Wildman–Crippen MR) is 351 cm³/mol. The second kappa shape index (κ2) is 18.9. The zero-order chi connectivity index (χ0) is 55.5. The third-order valence-corrected chi connectivity index (χ3v) is 18.7. The van der Waals surface area contributed by atoms with Gasteiger partial charge in [-0.3, -0.25) is 0 Å².